The molecule has 0 saturated heterocycles. The molecule has 3 radical (unpaired) electrons. The van der Waals surface area contributed by atoms with Gasteiger partial charge in [0.1, 0.15) is 18.0 Å². The molecular weight excluding hydrogens is 503 g/mol. The average molecular weight is 519 g/mol. The molecule has 1 saturated carbocycles. The van der Waals surface area contributed by atoms with E-state index in [4.69, 9.17) is 9.47 Å². The van der Waals surface area contributed by atoms with E-state index < -0.39 is 24.1 Å². The van der Waals surface area contributed by atoms with Crippen molar-refractivity contribution < 1.29 is 122 Å². The van der Waals surface area contributed by atoms with Gasteiger partial charge in [0.05, 0.1) is 12.7 Å². The van der Waals surface area contributed by atoms with Crippen LogP contribution in [0, 0.1) is 18.1 Å². The first-order valence-electron chi connectivity index (χ1n) is 5.68. The number of hydrogen-bond acceptors (Lipinski definition) is 5. The smallest absolute Gasteiger partial charge is 0.147 e. The van der Waals surface area contributed by atoms with Gasteiger partial charge in [-0.1, -0.05) is 0 Å². The van der Waals surface area contributed by atoms with E-state index in [-0.39, 0.29) is 111 Å². The minimum Gasteiger partial charge on any atom is -0.490 e. The molecule has 0 aliphatic heterocycles. The van der Waals surface area contributed by atoms with Crippen LogP contribution in [0.15, 0.2) is 13.2 Å². The van der Waals surface area contributed by atoms with Crippen molar-refractivity contribution in [1.29, 1.82) is 0 Å². The molecule has 5 nitrogen and oxygen atoms in total. The molecule has 0 aromatic rings. The Hall–Kier alpha value is 1.69. The second-order valence-electron chi connectivity index (χ2n) is 4.14. The summed E-state index contributed by atoms with van der Waals surface area (Å²) in [5.41, 5.74) is 0. The van der Waals surface area contributed by atoms with Crippen LogP contribution >= 0.6 is 0 Å². The minimum atomic E-state index is -0.757. The van der Waals surface area contributed by atoms with E-state index in [2.05, 4.69) is 25.3 Å². The maximum Gasteiger partial charge on any atom is 0.147 e. The van der Waals surface area contributed by atoms with Gasteiger partial charge in [0, 0.05) is 98.1 Å². The predicted molar refractivity (Wildman–Crippen MR) is 61.9 cm³/mol. The van der Waals surface area contributed by atoms with Crippen LogP contribution in [0.4, 0.5) is 0 Å². The van der Waals surface area contributed by atoms with Crippen LogP contribution in [0.25, 0.3) is 0 Å². The van der Waals surface area contributed by atoms with Crippen LogP contribution in [0.1, 0.15) is 19.3 Å². The predicted octanol–water partition coefficient (Wildman–Crippen LogP) is 0.573. The van der Waals surface area contributed by atoms with Crippen LogP contribution < -0.4 is 0 Å². The van der Waals surface area contributed by atoms with Gasteiger partial charge >= 0.3 is 0 Å². The van der Waals surface area contributed by atoms with Gasteiger partial charge in [0.2, 0.25) is 0 Å². The molecule has 1 fully saturated rings. The van der Waals surface area contributed by atoms with Crippen molar-refractivity contribution in [2.75, 3.05) is 6.61 Å². The van der Waals surface area contributed by atoms with E-state index in [0.717, 1.165) is 0 Å². The van der Waals surface area contributed by atoms with Gasteiger partial charge < -0.3 is 26.7 Å². The van der Waals surface area contributed by atoms with Gasteiger partial charge in [0.25, 0.3) is 0 Å². The zero-order valence-corrected chi connectivity index (χ0v) is 20.3. The Bertz CT molecular complexity index is 349. The van der Waals surface area contributed by atoms with Gasteiger partial charge in [-0.25, -0.2) is 0 Å². The van der Waals surface area contributed by atoms with Gasteiger partial charge in [0.15, 0.2) is 0 Å². The number of hydrogen-bond donors (Lipinski definition) is 1. The summed E-state index contributed by atoms with van der Waals surface area (Å²) in [7, 11) is 0. The van der Waals surface area contributed by atoms with Crippen molar-refractivity contribution in [2.45, 2.75) is 31.5 Å². The maximum atomic E-state index is 11.0. The Balaban J connectivity index is -0.00000108. The zero-order chi connectivity index (χ0) is 13.5. The molecule has 0 aromatic carbocycles. The number of carbonyl (C=O) groups is 2. The average Bonchev–Trinajstić information content (AvgIpc) is 2.38. The van der Waals surface area contributed by atoms with Crippen LogP contribution in [0.2, 0.25) is 0 Å². The molecule has 0 heterocycles. The van der Waals surface area contributed by atoms with E-state index in [1.807, 2.05) is 0 Å². The first-order valence-corrected chi connectivity index (χ1v) is 5.68. The van der Waals surface area contributed by atoms with Gasteiger partial charge in [-0.05, 0) is 25.2 Å². The molecule has 1 aliphatic rings. The van der Waals surface area contributed by atoms with Crippen molar-refractivity contribution in [1.82, 2.24) is 0 Å². The van der Waals surface area contributed by atoms with Crippen molar-refractivity contribution >= 4 is 11.9 Å². The summed E-state index contributed by atoms with van der Waals surface area (Å²) in [5.74, 6) is -1.20. The fourth-order valence-corrected chi connectivity index (χ4v) is 1.92. The Kier molecular flexibility index (Phi) is 20.0. The van der Waals surface area contributed by atoms with Crippen molar-refractivity contribution in [3.8, 4) is 0 Å². The van der Waals surface area contributed by atoms with E-state index >= 15 is 0 Å². The molecule has 0 aromatic heterocycles. The Morgan fingerprint density at radius 2 is 1.67 bits per heavy atom. The number of esters is 2. The van der Waals surface area contributed by atoms with Gasteiger partial charge in [-0.3, -0.25) is 22.7 Å². The van der Waals surface area contributed by atoms with Crippen LogP contribution in [0.5, 0.6) is 0 Å². The number of aliphatic hydroxyl groups excluding tert-OH is 1. The fourth-order valence-electron chi connectivity index (χ4n) is 1.92. The van der Waals surface area contributed by atoms with E-state index in [1.165, 1.54) is 0 Å². The summed E-state index contributed by atoms with van der Waals surface area (Å²) in [5, 5.41) is 9.81. The van der Waals surface area contributed by atoms with Crippen molar-refractivity contribution in [3.05, 3.63) is 25.3 Å². The van der Waals surface area contributed by atoms with E-state index in [0.29, 0.717) is 19.3 Å². The van der Waals surface area contributed by atoms with Crippen LogP contribution in [0.3, 0.4) is 0 Å². The summed E-state index contributed by atoms with van der Waals surface area (Å²) in [4.78, 5) is 21.8. The second-order valence-corrected chi connectivity index (χ2v) is 4.14. The molecule has 1 N–H and O–H groups in total. The SMILES string of the molecule is C=[C-]C(=O)OCC1CCC(OC(=O)[C-]=C)C(O)C1.[Y].[Y].[Y]. The number of ether oxygens (including phenoxy) is 2. The summed E-state index contributed by atoms with van der Waals surface area (Å²) in [6, 6.07) is 0. The molecule has 0 amide bonds. The largest absolute Gasteiger partial charge is 0.490 e. The topological polar surface area (TPSA) is 72.8 Å². The summed E-state index contributed by atoms with van der Waals surface area (Å²) in [6.07, 6.45) is 4.53. The zero-order valence-electron chi connectivity index (χ0n) is 11.8. The molecule has 1 aliphatic carbocycles. The third-order valence-corrected chi connectivity index (χ3v) is 2.86. The molecule has 21 heavy (non-hydrogen) atoms. The molecule has 3 atom stereocenters. The molecule has 109 valence electrons. The first kappa shape index (κ1) is 27.5. The summed E-state index contributed by atoms with van der Waals surface area (Å²) < 4.78 is 9.82. The molecule has 0 bridgehead atoms. The Labute approximate surface area is 200 Å². The maximum absolute atomic E-state index is 11.0. The Morgan fingerprint density at radius 1 is 1.10 bits per heavy atom. The van der Waals surface area contributed by atoms with Crippen LogP contribution in [-0.2, 0) is 117 Å². The van der Waals surface area contributed by atoms with Gasteiger partial charge in [-0.15, -0.1) is 0 Å². The second kappa shape index (κ2) is 15.2. The molecule has 0 spiro atoms. The molecular formula is C13H16O5Y3-2. The molecule has 8 heteroatoms. The normalized spacial score (nSPS) is 23.2. The third kappa shape index (κ3) is 11.0. The Morgan fingerprint density at radius 3 is 2.14 bits per heavy atom. The number of carbonyl (C=O) groups excluding carboxylic acids is 2. The standard InChI is InChI=1S/C13H16O5.3Y/c1-3-12(15)17-8-9-5-6-11(10(14)7-9)18-13(16)4-2;;;/h9-11,14H,1-2,5-8H2;;;/q-2;;;. The molecule has 1 rings (SSSR count). The van der Waals surface area contributed by atoms with Gasteiger partial charge in [-0.2, -0.15) is 0 Å². The number of rotatable bonds is 5. The first-order chi connectivity index (χ1) is 8.56. The molecule has 3 unspecified atom stereocenters. The van der Waals surface area contributed by atoms with E-state index in [1.54, 1.807) is 0 Å². The monoisotopic (exact) mass is 519 g/mol. The van der Waals surface area contributed by atoms with E-state index in [9.17, 15) is 14.7 Å². The van der Waals surface area contributed by atoms with Crippen molar-refractivity contribution in [3.63, 3.8) is 0 Å². The fraction of sp³-hybridized carbons (Fsp3) is 0.538. The van der Waals surface area contributed by atoms with Crippen LogP contribution in [-0.4, -0.2) is 35.9 Å². The number of aliphatic hydroxyl groups is 1. The summed E-state index contributed by atoms with van der Waals surface area (Å²) >= 11 is 0. The summed E-state index contributed by atoms with van der Waals surface area (Å²) in [6.45, 7) is 6.56. The van der Waals surface area contributed by atoms with Crippen molar-refractivity contribution in [2.24, 2.45) is 5.92 Å². The third-order valence-electron chi connectivity index (χ3n) is 2.86. The quantitative estimate of drug-likeness (QED) is 0.327. The minimum absolute atomic E-state index is 0.